The maximum absolute atomic E-state index is 12.2. The van der Waals surface area contributed by atoms with E-state index in [1.54, 1.807) is 42.5 Å². The molecule has 19 heavy (non-hydrogen) atoms. The standard InChI is InChI=1S/C15H15NO3/c1-19-11-7-8-12(13(16)9-11)15(18)14(17)10-5-3-2-4-6-10/h2-9,14,17H,16H2,1H3. The molecule has 0 aliphatic rings. The fourth-order valence-electron chi connectivity index (χ4n) is 1.83. The van der Waals surface area contributed by atoms with Crippen molar-refractivity contribution in [2.45, 2.75) is 6.10 Å². The number of Topliss-reactive ketones (excluding diaryl/α,β-unsaturated/α-hetero) is 1. The topological polar surface area (TPSA) is 72.5 Å². The lowest BCUT2D eigenvalue weighted by Gasteiger charge is -2.12. The van der Waals surface area contributed by atoms with Crippen molar-refractivity contribution in [3.8, 4) is 5.75 Å². The van der Waals surface area contributed by atoms with Gasteiger partial charge in [0.1, 0.15) is 11.9 Å². The largest absolute Gasteiger partial charge is 0.497 e. The summed E-state index contributed by atoms with van der Waals surface area (Å²) in [5, 5.41) is 10.1. The number of nitrogens with two attached hydrogens (primary N) is 1. The number of carbonyl (C=O) groups excluding carboxylic acids is 1. The molecule has 4 heteroatoms. The first-order valence-electron chi connectivity index (χ1n) is 5.84. The molecule has 0 spiro atoms. The number of methoxy groups -OCH3 is 1. The van der Waals surface area contributed by atoms with Crippen LogP contribution < -0.4 is 10.5 Å². The number of anilines is 1. The highest BCUT2D eigenvalue weighted by Gasteiger charge is 2.21. The van der Waals surface area contributed by atoms with Crippen LogP contribution >= 0.6 is 0 Å². The fourth-order valence-corrected chi connectivity index (χ4v) is 1.83. The highest BCUT2D eigenvalue weighted by atomic mass is 16.5. The quantitative estimate of drug-likeness (QED) is 0.650. The smallest absolute Gasteiger partial charge is 0.197 e. The lowest BCUT2D eigenvalue weighted by Crippen LogP contribution is -2.14. The molecule has 0 heterocycles. The van der Waals surface area contributed by atoms with Gasteiger partial charge in [-0.25, -0.2) is 0 Å². The Balaban J connectivity index is 2.29. The van der Waals surface area contributed by atoms with Crippen LogP contribution in [0.25, 0.3) is 0 Å². The summed E-state index contributed by atoms with van der Waals surface area (Å²) in [6.07, 6.45) is -1.21. The van der Waals surface area contributed by atoms with Gasteiger partial charge in [-0.15, -0.1) is 0 Å². The summed E-state index contributed by atoms with van der Waals surface area (Å²) >= 11 is 0. The zero-order valence-corrected chi connectivity index (χ0v) is 10.5. The molecule has 2 aromatic carbocycles. The molecule has 0 fully saturated rings. The van der Waals surface area contributed by atoms with Crippen molar-refractivity contribution >= 4 is 11.5 Å². The molecule has 0 bridgehead atoms. The van der Waals surface area contributed by atoms with E-state index in [0.29, 0.717) is 17.0 Å². The Kier molecular flexibility index (Phi) is 3.82. The highest BCUT2D eigenvalue weighted by molar-refractivity contribution is 6.04. The van der Waals surface area contributed by atoms with Gasteiger partial charge < -0.3 is 15.6 Å². The minimum Gasteiger partial charge on any atom is -0.497 e. The van der Waals surface area contributed by atoms with Crippen LogP contribution in [0.1, 0.15) is 22.0 Å². The third-order valence-electron chi connectivity index (χ3n) is 2.89. The summed E-state index contributed by atoms with van der Waals surface area (Å²) in [5.41, 5.74) is 6.93. The van der Waals surface area contributed by atoms with Gasteiger partial charge in [-0.05, 0) is 17.7 Å². The number of ketones is 1. The fraction of sp³-hybridized carbons (Fsp3) is 0.133. The first-order valence-corrected chi connectivity index (χ1v) is 5.84. The number of benzene rings is 2. The molecule has 4 nitrogen and oxygen atoms in total. The molecule has 2 aromatic rings. The van der Waals surface area contributed by atoms with Crippen molar-refractivity contribution in [1.82, 2.24) is 0 Å². The van der Waals surface area contributed by atoms with Crippen LogP contribution in [0.15, 0.2) is 48.5 Å². The molecular weight excluding hydrogens is 242 g/mol. The van der Waals surface area contributed by atoms with Crippen molar-refractivity contribution in [3.63, 3.8) is 0 Å². The Morgan fingerprint density at radius 2 is 1.89 bits per heavy atom. The van der Waals surface area contributed by atoms with Crippen LogP contribution in [0.2, 0.25) is 0 Å². The lowest BCUT2D eigenvalue weighted by atomic mass is 9.99. The predicted molar refractivity (Wildman–Crippen MR) is 73.1 cm³/mol. The van der Waals surface area contributed by atoms with Gasteiger partial charge in [0.15, 0.2) is 5.78 Å². The van der Waals surface area contributed by atoms with E-state index < -0.39 is 11.9 Å². The number of aliphatic hydroxyl groups excluding tert-OH is 1. The summed E-state index contributed by atoms with van der Waals surface area (Å²) in [7, 11) is 1.52. The Labute approximate surface area is 111 Å². The Hall–Kier alpha value is -2.33. The summed E-state index contributed by atoms with van der Waals surface area (Å²) in [4.78, 5) is 12.2. The second-order valence-electron chi connectivity index (χ2n) is 4.13. The minimum atomic E-state index is -1.21. The molecule has 3 N–H and O–H groups in total. The van der Waals surface area contributed by atoms with Gasteiger partial charge in [0.2, 0.25) is 0 Å². The number of carbonyl (C=O) groups is 1. The van der Waals surface area contributed by atoms with E-state index in [1.165, 1.54) is 7.11 Å². The minimum absolute atomic E-state index is 0.289. The van der Waals surface area contributed by atoms with Crippen molar-refractivity contribution in [2.75, 3.05) is 12.8 Å². The third-order valence-corrected chi connectivity index (χ3v) is 2.89. The Bertz CT molecular complexity index is 581. The summed E-state index contributed by atoms with van der Waals surface area (Å²) in [6.45, 7) is 0. The predicted octanol–water partition coefficient (Wildman–Crippen LogP) is 2.19. The van der Waals surface area contributed by atoms with Crippen LogP contribution in [0.3, 0.4) is 0 Å². The average Bonchev–Trinajstić information content (AvgIpc) is 2.46. The third kappa shape index (κ3) is 2.74. The second-order valence-corrected chi connectivity index (χ2v) is 4.13. The Morgan fingerprint density at radius 1 is 1.21 bits per heavy atom. The maximum Gasteiger partial charge on any atom is 0.197 e. The Morgan fingerprint density at radius 3 is 2.47 bits per heavy atom. The molecule has 1 unspecified atom stereocenters. The van der Waals surface area contributed by atoms with E-state index in [0.717, 1.165) is 0 Å². The number of aliphatic hydroxyl groups is 1. The first kappa shape index (κ1) is 13.1. The monoisotopic (exact) mass is 257 g/mol. The highest BCUT2D eigenvalue weighted by Crippen LogP contribution is 2.25. The molecule has 0 radical (unpaired) electrons. The molecule has 0 saturated heterocycles. The van der Waals surface area contributed by atoms with Gasteiger partial charge in [0, 0.05) is 17.3 Å². The zero-order chi connectivity index (χ0) is 13.8. The molecule has 0 saturated carbocycles. The zero-order valence-electron chi connectivity index (χ0n) is 10.5. The van der Waals surface area contributed by atoms with Crippen molar-refractivity contribution < 1.29 is 14.6 Å². The van der Waals surface area contributed by atoms with Crippen molar-refractivity contribution in [3.05, 3.63) is 59.7 Å². The molecule has 1 atom stereocenters. The van der Waals surface area contributed by atoms with Gasteiger partial charge in [0.25, 0.3) is 0 Å². The SMILES string of the molecule is COc1ccc(C(=O)C(O)c2ccccc2)c(N)c1. The van der Waals surface area contributed by atoms with Gasteiger partial charge in [-0.2, -0.15) is 0 Å². The molecule has 0 aromatic heterocycles. The van der Waals surface area contributed by atoms with E-state index in [9.17, 15) is 9.90 Å². The second kappa shape index (κ2) is 5.54. The number of hydrogen-bond acceptors (Lipinski definition) is 4. The van der Waals surface area contributed by atoms with Gasteiger partial charge >= 0.3 is 0 Å². The number of ether oxygens (including phenoxy) is 1. The normalized spacial score (nSPS) is 11.9. The van der Waals surface area contributed by atoms with Crippen molar-refractivity contribution in [2.24, 2.45) is 0 Å². The number of nitrogen functional groups attached to an aromatic ring is 1. The van der Waals surface area contributed by atoms with E-state index in [-0.39, 0.29) is 5.56 Å². The van der Waals surface area contributed by atoms with Crippen LogP contribution in [0.4, 0.5) is 5.69 Å². The van der Waals surface area contributed by atoms with Crippen LogP contribution in [-0.4, -0.2) is 18.0 Å². The average molecular weight is 257 g/mol. The van der Waals surface area contributed by atoms with Crippen LogP contribution in [-0.2, 0) is 0 Å². The van der Waals surface area contributed by atoms with Crippen LogP contribution in [0, 0.1) is 0 Å². The summed E-state index contributed by atoms with van der Waals surface area (Å²) in [6, 6.07) is 13.5. The van der Waals surface area contributed by atoms with Crippen molar-refractivity contribution in [1.29, 1.82) is 0 Å². The number of hydrogen-bond donors (Lipinski definition) is 2. The molecular formula is C15H15NO3. The molecule has 0 aliphatic heterocycles. The molecule has 2 rings (SSSR count). The van der Waals surface area contributed by atoms with Gasteiger partial charge in [-0.3, -0.25) is 4.79 Å². The van der Waals surface area contributed by atoms with E-state index >= 15 is 0 Å². The molecule has 0 aliphatic carbocycles. The maximum atomic E-state index is 12.2. The number of rotatable bonds is 4. The van der Waals surface area contributed by atoms with Gasteiger partial charge in [-0.1, -0.05) is 30.3 Å². The molecule has 98 valence electrons. The van der Waals surface area contributed by atoms with E-state index in [2.05, 4.69) is 0 Å². The summed E-state index contributed by atoms with van der Waals surface area (Å²) < 4.78 is 5.02. The first-order chi connectivity index (χ1) is 9.13. The van der Waals surface area contributed by atoms with E-state index in [1.807, 2.05) is 6.07 Å². The van der Waals surface area contributed by atoms with Crippen LogP contribution in [0.5, 0.6) is 5.75 Å². The van der Waals surface area contributed by atoms with E-state index in [4.69, 9.17) is 10.5 Å². The summed E-state index contributed by atoms with van der Waals surface area (Å²) in [5.74, 6) is 0.148. The lowest BCUT2D eigenvalue weighted by molar-refractivity contribution is 0.0748. The molecule has 0 amide bonds. The van der Waals surface area contributed by atoms with Gasteiger partial charge in [0.05, 0.1) is 7.11 Å².